The summed E-state index contributed by atoms with van der Waals surface area (Å²) in [5.74, 6) is 0.557. The van der Waals surface area contributed by atoms with Crippen molar-refractivity contribution in [2.24, 2.45) is 0 Å². The Kier molecular flexibility index (Phi) is 3.05. The number of H-pyrrole nitrogens is 1. The Labute approximate surface area is 123 Å². The van der Waals surface area contributed by atoms with E-state index in [2.05, 4.69) is 74.3 Å². The molecule has 19 heavy (non-hydrogen) atoms. The Hall–Kier alpha value is -1.77. The van der Waals surface area contributed by atoms with Crippen molar-refractivity contribution in [3.8, 4) is 17.1 Å². The van der Waals surface area contributed by atoms with Crippen LogP contribution in [-0.2, 0) is 0 Å². The first-order chi connectivity index (χ1) is 9.18. The van der Waals surface area contributed by atoms with Crippen LogP contribution in [0.5, 0.6) is 0 Å². The monoisotopic (exact) mass is 366 g/mol. The number of hydrogen-bond acceptors (Lipinski definition) is 4. The Morgan fingerprint density at radius 1 is 1.21 bits per heavy atom. The van der Waals surface area contributed by atoms with Crippen LogP contribution in [0, 0.1) is 17.5 Å². The lowest BCUT2D eigenvalue weighted by Crippen LogP contribution is -2.04. The van der Waals surface area contributed by atoms with Crippen molar-refractivity contribution in [1.82, 2.24) is 30.4 Å². The zero-order chi connectivity index (χ0) is 13.4. The standard InChI is InChI=1S/C12H11IN6/c1-7-4-3-5-8(2)10(7)19-11(13)9(6-14-19)12-15-17-18-16-12/h3-6H,1-2H3,(H,15,16,17,18). The van der Waals surface area contributed by atoms with Gasteiger partial charge in [0.1, 0.15) is 3.70 Å². The second-order valence-corrected chi connectivity index (χ2v) is 5.26. The molecule has 6 nitrogen and oxygen atoms in total. The van der Waals surface area contributed by atoms with Gasteiger partial charge in [-0.3, -0.25) is 0 Å². The van der Waals surface area contributed by atoms with Gasteiger partial charge in [-0.2, -0.15) is 10.3 Å². The van der Waals surface area contributed by atoms with Crippen molar-refractivity contribution in [2.45, 2.75) is 13.8 Å². The van der Waals surface area contributed by atoms with E-state index >= 15 is 0 Å². The summed E-state index contributed by atoms with van der Waals surface area (Å²) in [5, 5.41) is 18.5. The second-order valence-electron chi connectivity index (χ2n) is 4.24. The average Bonchev–Trinajstić information content (AvgIpc) is 3.00. The minimum atomic E-state index is 0.557. The fourth-order valence-electron chi connectivity index (χ4n) is 2.06. The molecule has 0 amide bonds. The van der Waals surface area contributed by atoms with Crippen LogP contribution in [0.2, 0.25) is 0 Å². The third-order valence-corrected chi connectivity index (χ3v) is 3.99. The molecule has 0 unspecified atom stereocenters. The maximum atomic E-state index is 4.45. The van der Waals surface area contributed by atoms with Crippen LogP contribution < -0.4 is 0 Å². The molecule has 1 N–H and O–H groups in total. The van der Waals surface area contributed by atoms with Gasteiger partial charge in [0.05, 0.1) is 17.4 Å². The van der Waals surface area contributed by atoms with Gasteiger partial charge in [0.15, 0.2) is 0 Å². The van der Waals surface area contributed by atoms with E-state index in [1.807, 2.05) is 10.7 Å². The molecule has 3 aromatic rings. The molecule has 0 aliphatic rings. The number of tetrazole rings is 1. The van der Waals surface area contributed by atoms with Gasteiger partial charge in [0, 0.05) is 0 Å². The molecule has 0 spiro atoms. The maximum absolute atomic E-state index is 4.45. The van der Waals surface area contributed by atoms with E-state index in [0.29, 0.717) is 5.82 Å². The van der Waals surface area contributed by atoms with E-state index in [9.17, 15) is 0 Å². The van der Waals surface area contributed by atoms with Crippen molar-refractivity contribution in [3.63, 3.8) is 0 Å². The number of benzene rings is 1. The van der Waals surface area contributed by atoms with E-state index in [4.69, 9.17) is 0 Å². The van der Waals surface area contributed by atoms with Crippen LogP contribution in [0.3, 0.4) is 0 Å². The zero-order valence-electron chi connectivity index (χ0n) is 10.4. The van der Waals surface area contributed by atoms with Gasteiger partial charge < -0.3 is 0 Å². The van der Waals surface area contributed by atoms with Gasteiger partial charge in [-0.25, -0.2) is 4.68 Å². The van der Waals surface area contributed by atoms with Crippen LogP contribution in [0.4, 0.5) is 0 Å². The molecule has 0 atom stereocenters. The second kappa shape index (κ2) is 4.72. The fourth-order valence-corrected chi connectivity index (χ4v) is 2.80. The third-order valence-electron chi connectivity index (χ3n) is 2.95. The largest absolute Gasteiger partial charge is 0.226 e. The number of nitrogens with one attached hydrogen (secondary N) is 1. The lowest BCUT2D eigenvalue weighted by Gasteiger charge is -2.10. The third kappa shape index (κ3) is 2.03. The number of aromatic nitrogens is 6. The molecule has 3 rings (SSSR count). The van der Waals surface area contributed by atoms with Crippen LogP contribution >= 0.6 is 22.6 Å². The predicted molar refractivity (Wildman–Crippen MR) is 78.9 cm³/mol. The van der Waals surface area contributed by atoms with Crippen LogP contribution in [0.1, 0.15) is 11.1 Å². The molecule has 0 saturated carbocycles. The highest BCUT2D eigenvalue weighted by molar-refractivity contribution is 14.1. The minimum absolute atomic E-state index is 0.557. The van der Waals surface area contributed by atoms with Gasteiger partial charge in [-0.1, -0.05) is 18.2 Å². The molecule has 0 aliphatic heterocycles. The van der Waals surface area contributed by atoms with E-state index in [1.165, 1.54) is 11.1 Å². The summed E-state index contributed by atoms with van der Waals surface area (Å²) in [6.07, 6.45) is 1.76. The first kappa shape index (κ1) is 12.3. The molecule has 0 aliphatic carbocycles. The lowest BCUT2D eigenvalue weighted by molar-refractivity contribution is 0.844. The molecule has 7 heteroatoms. The van der Waals surface area contributed by atoms with Crippen molar-refractivity contribution in [3.05, 3.63) is 39.2 Å². The number of aromatic amines is 1. The number of aryl methyl sites for hydroxylation is 2. The Balaban J connectivity index is 2.18. The summed E-state index contributed by atoms with van der Waals surface area (Å²) >= 11 is 2.25. The molecule has 0 saturated heterocycles. The van der Waals surface area contributed by atoms with Crippen molar-refractivity contribution < 1.29 is 0 Å². The number of para-hydroxylation sites is 1. The number of halogens is 1. The van der Waals surface area contributed by atoms with Gasteiger partial charge in [0.2, 0.25) is 5.82 Å². The fraction of sp³-hybridized carbons (Fsp3) is 0.167. The van der Waals surface area contributed by atoms with Crippen LogP contribution in [0.25, 0.3) is 17.1 Å². The molecule has 0 fully saturated rings. The summed E-state index contributed by atoms with van der Waals surface area (Å²) in [6, 6.07) is 6.20. The van der Waals surface area contributed by atoms with E-state index in [0.717, 1.165) is 15.0 Å². The molecular formula is C12H11IN6. The normalized spacial score (nSPS) is 10.9. The van der Waals surface area contributed by atoms with Crippen molar-refractivity contribution in [2.75, 3.05) is 0 Å². The van der Waals surface area contributed by atoms with Gasteiger partial charge in [0.25, 0.3) is 0 Å². The Morgan fingerprint density at radius 2 is 1.95 bits per heavy atom. The highest BCUT2D eigenvalue weighted by Gasteiger charge is 2.16. The van der Waals surface area contributed by atoms with Gasteiger partial charge in [-0.05, 0) is 52.8 Å². The summed E-state index contributed by atoms with van der Waals surface area (Å²) in [6.45, 7) is 4.15. The highest BCUT2D eigenvalue weighted by Crippen LogP contribution is 2.26. The van der Waals surface area contributed by atoms with Gasteiger partial charge in [-0.15, -0.1) is 10.2 Å². The molecule has 2 aromatic heterocycles. The van der Waals surface area contributed by atoms with Gasteiger partial charge >= 0.3 is 0 Å². The topological polar surface area (TPSA) is 72.3 Å². The molecule has 0 radical (unpaired) electrons. The summed E-state index contributed by atoms with van der Waals surface area (Å²) in [4.78, 5) is 0. The quantitative estimate of drug-likeness (QED) is 0.707. The first-order valence-corrected chi connectivity index (χ1v) is 6.80. The maximum Gasteiger partial charge on any atom is 0.208 e. The smallest absolute Gasteiger partial charge is 0.208 e. The molecule has 0 bridgehead atoms. The summed E-state index contributed by atoms with van der Waals surface area (Å²) in [5.41, 5.74) is 4.33. The lowest BCUT2D eigenvalue weighted by atomic mass is 10.1. The molecule has 2 heterocycles. The molecular weight excluding hydrogens is 355 g/mol. The average molecular weight is 366 g/mol. The van der Waals surface area contributed by atoms with E-state index in [1.54, 1.807) is 6.20 Å². The van der Waals surface area contributed by atoms with Crippen LogP contribution in [0.15, 0.2) is 24.4 Å². The SMILES string of the molecule is Cc1cccc(C)c1-n1ncc(-c2nn[nH]n2)c1I. The predicted octanol–water partition coefficient (Wildman–Crippen LogP) is 2.27. The van der Waals surface area contributed by atoms with E-state index in [-0.39, 0.29) is 0 Å². The number of nitrogens with zero attached hydrogens (tertiary/aromatic N) is 5. The van der Waals surface area contributed by atoms with Crippen molar-refractivity contribution in [1.29, 1.82) is 0 Å². The van der Waals surface area contributed by atoms with E-state index < -0.39 is 0 Å². The van der Waals surface area contributed by atoms with Crippen molar-refractivity contribution >= 4 is 22.6 Å². The highest BCUT2D eigenvalue weighted by atomic mass is 127. The molecule has 96 valence electrons. The molecule has 1 aromatic carbocycles. The zero-order valence-corrected chi connectivity index (χ0v) is 12.6. The van der Waals surface area contributed by atoms with Crippen LogP contribution in [-0.4, -0.2) is 30.4 Å². The summed E-state index contributed by atoms with van der Waals surface area (Å²) in [7, 11) is 0. The minimum Gasteiger partial charge on any atom is -0.226 e. The Morgan fingerprint density at radius 3 is 2.58 bits per heavy atom. The summed E-state index contributed by atoms with van der Waals surface area (Å²) < 4.78 is 2.88. The first-order valence-electron chi connectivity index (χ1n) is 5.72. The Bertz CT molecular complexity index is 696. The number of rotatable bonds is 2. The number of hydrogen-bond donors (Lipinski definition) is 1.